The molecule has 0 radical (unpaired) electrons. The first-order chi connectivity index (χ1) is 9.95. The molecular formula is C15H12ClF2NO2. The summed E-state index contributed by atoms with van der Waals surface area (Å²) in [6.45, 7) is 1.55. The number of hydrogen-bond acceptors (Lipinski definition) is 2. The minimum atomic E-state index is -1.03. The van der Waals surface area contributed by atoms with Crippen molar-refractivity contribution in [3.63, 3.8) is 0 Å². The van der Waals surface area contributed by atoms with Crippen molar-refractivity contribution in [2.45, 2.75) is 13.0 Å². The summed E-state index contributed by atoms with van der Waals surface area (Å²) < 4.78 is 31.3. The van der Waals surface area contributed by atoms with Crippen molar-refractivity contribution in [1.82, 2.24) is 0 Å². The first-order valence-electron chi connectivity index (χ1n) is 6.14. The summed E-state index contributed by atoms with van der Waals surface area (Å²) in [6, 6.07) is 9.64. The molecule has 1 amide bonds. The van der Waals surface area contributed by atoms with E-state index in [-0.39, 0.29) is 5.69 Å². The third-order valence-electron chi connectivity index (χ3n) is 2.68. The highest BCUT2D eigenvalue weighted by Crippen LogP contribution is 2.18. The minimum absolute atomic E-state index is 0.158. The Morgan fingerprint density at radius 3 is 2.43 bits per heavy atom. The van der Waals surface area contributed by atoms with Crippen LogP contribution in [-0.4, -0.2) is 12.0 Å². The molecule has 3 nitrogen and oxygen atoms in total. The highest BCUT2D eigenvalue weighted by Gasteiger charge is 2.15. The monoisotopic (exact) mass is 311 g/mol. The molecule has 2 rings (SSSR count). The number of halogens is 3. The number of benzene rings is 2. The lowest BCUT2D eigenvalue weighted by atomic mass is 10.2. The largest absolute Gasteiger partial charge is 0.481 e. The molecule has 6 heteroatoms. The maximum atomic E-state index is 13.0. The first-order valence-corrected chi connectivity index (χ1v) is 6.51. The molecule has 2 aromatic carbocycles. The lowest BCUT2D eigenvalue weighted by Crippen LogP contribution is -2.30. The average Bonchev–Trinajstić information content (AvgIpc) is 2.45. The number of hydrogen-bond donors (Lipinski definition) is 1. The van der Waals surface area contributed by atoms with Crippen molar-refractivity contribution < 1.29 is 18.3 Å². The molecule has 0 heterocycles. The fourth-order valence-electron chi connectivity index (χ4n) is 1.59. The van der Waals surface area contributed by atoms with Gasteiger partial charge in [0, 0.05) is 16.8 Å². The Morgan fingerprint density at radius 1 is 1.14 bits per heavy atom. The highest BCUT2D eigenvalue weighted by molar-refractivity contribution is 6.30. The molecule has 21 heavy (non-hydrogen) atoms. The number of anilines is 1. The van der Waals surface area contributed by atoms with Gasteiger partial charge >= 0.3 is 0 Å². The van der Waals surface area contributed by atoms with E-state index >= 15 is 0 Å². The molecule has 0 saturated carbocycles. The number of carbonyl (C=O) groups is 1. The van der Waals surface area contributed by atoms with E-state index in [0.717, 1.165) is 12.1 Å². The van der Waals surface area contributed by atoms with Crippen LogP contribution in [0.3, 0.4) is 0 Å². The van der Waals surface area contributed by atoms with E-state index in [0.29, 0.717) is 10.8 Å². The molecule has 110 valence electrons. The lowest BCUT2D eigenvalue weighted by Gasteiger charge is -2.14. The second-order valence-corrected chi connectivity index (χ2v) is 4.77. The molecule has 0 aliphatic heterocycles. The number of amides is 1. The van der Waals surface area contributed by atoms with Gasteiger partial charge in [-0.2, -0.15) is 0 Å². The van der Waals surface area contributed by atoms with Crippen LogP contribution in [0.25, 0.3) is 0 Å². The zero-order valence-corrected chi connectivity index (χ0v) is 11.8. The Labute approximate surface area is 125 Å². The van der Waals surface area contributed by atoms with Crippen molar-refractivity contribution in [3.05, 3.63) is 59.1 Å². The van der Waals surface area contributed by atoms with Crippen molar-refractivity contribution in [3.8, 4) is 5.75 Å². The predicted octanol–water partition coefficient (Wildman–Crippen LogP) is 4.02. The van der Waals surface area contributed by atoms with E-state index in [4.69, 9.17) is 16.3 Å². The predicted molar refractivity (Wildman–Crippen MR) is 76.5 cm³/mol. The summed E-state index contributed by atoms with van der Waals surface area (Å²) in [5.41, 5.74) is 0.158. The van der Waals surface area contributed by atoms with Crippen LogP contribution < -0.4 is 10.1 Å². The van der Waals surface area contributed by atoms with Crippen LogP contribution in [0.15, 0.2) is 42.5 Å². The van der Waals surface area contributed by atoms with Gasteiger partial charge in [-0.15, -0.1) is 0 Å². The third-order valence-corrected chi connectivity index (χ3v) is 2.93. The van der Waals surface area contributed by atoms with Gasteiger partial charge in [0.25, 0.3) is 5.91 Å². The number of nitrogens with one attached hydrogen (secondary N) is 1. The van der Waals surface area contributed by atoms with Gasteiger partial charge in [-0.3, -0.25) is 4.79 Å². The first kappa shape index (κ1) is 15.3. The summed E-state index contributed by atoms with van der Waals surface area (Å²) in [4.78, 5) is 11.9. The van der Waals surface area contributed by atoms with Crippen molar-refractivity contribution in [2.24, 2.45) is 0 Å². The van der Waals surface area contributed by atoms with Crippen LogP contribution >= 0.6 is 11.6 Å². The zero-order chi connectivity index (χ0) is 15.4. The molecule has 0 saturated heterocycles. The van der Waals surface area contributed by atoms with Gasteiger partial charge in [0.05, 0.1) is 0 Å². The molecular weight excluding hydrogens is 300 g/mol. The lowest BCUT2D eigenvalue weighted by molar-refractivity contribution is -0.122. The molecule has 0 aromatic heterocycles. The standard InChI is InChI=1S/C15H12ClF2NO2/c1-9(21-12-5-2-10(16)3-6-12)15(20)19-11-4-7-13(17)14(18)8-11/h2-9H,1H3,(H,19,20)/t9-/m1/s1. The topological polar surface area (TPSA) is 38.3 Å². The van der Waals surface area contributed by atoms with E-state index in [9.17, 15) is 13.6 Å². The number of ether oxygens (including phenoxy) is 1. The van der Waals surface area contributed by atoms with Crippen molar-refractivity contribution >= 4 is 23.2 Å². The smallest absolute Gasteiger partial charge is 0.265 e. The fourth-order valence-corrected chi connectivity index (χ4v) is 1.71. The zero-order valence-electron chi connectivity index (χ0n) is 11.1. The molecule has 1 N–H and O–H groups in total. The molecule has 1 atom stereocenters. The van der Waals surface area contributed by atoms with Gasteiger partial charge in [0.15, 0.2) is 17.7 Å². The van der Waals surface area contributed by atoms with Crippen molar-refractivity contribution in [2.75, 3.05) is 5.32 Å². The Bertz CT molecular complexity index is 647. The minimum Gasteiger partial charge on any atom is -0.481 e. The molecule has 0 spiro atoms. The quantitative estimate of drug-likeness (QED) is 0.926. The maximum absolute atomic E-state index is 13.0. The second kappa shape index (κ2) is 6.54. The van der Waals surface area contributed by atoms with Gasteiger partial charge < -0.3 is 10.1 Å². The summed E-state index contributed by atoms with van der Waals surface area (Å²) in [7, 11) is 0. The molecule has 2 aromatic rings. The second-order valence-electron chi connectivity index (χ2n) is 4.33. The molecule has 0 aliphatic rings. The van der Waals surface area contributed by atoms with E-state index in [1.807, 2.05) is 0 Å². The van der Waals surface area contributed by atoms with Crippen LogP contribution in [0.4, 0.5) is 14.5 Å². The fraction of sp³-hybridized carbons (Fsp3) is 0.133. The summed E-state index contributed by atoms with van der Waals surface area (Å²) in [5, 5.41) is 3.00. The summed E-state index contributed by atoms with van der Waals surface area (Å²) in [6.07, 6.45) is -0.806. The van der Waals surface area contributed by atoms with Crippen LogP contribution in [-0.2, 0) is 4.79 Å². The molecule has 0 bridgehead atoms. The average molecular weight is 312 g/mol. The Balaban J connectivity index is 1.98. The van der Waals surface area contributed by atoms with Gasteiger partial charge in [-0.1, -0.05) is 11.6 Å². The SMILES string of the molecule is C[C@@H](Oc1ccc(Cl)cc1)C(=O)Nc1ccc(F)c(F)c1. The normalized spacial score (nSPS) is 11.8. The maximum Gasteiger partial charge on any atom is 0.265 e. The van der Waals surface area contributed by atoms with Crippen LogP contribution in [0.5, 0.6) is 5.75 Å². The van der Waals surface area contributed by atoms with Gasteiger partial charge in [0.2, 0.25) is 0 Å². The number of carbonyl (C=O) groups excluding carboxylic acids is 1. The van der Waals surface area contributed by atoms with E-state index in [1.54, 1.807) is 31.2 Å². The molecule has 0 unspecified atom stereocenters. The van der Waals surface area contributed by atoms with E-state index < -0.39 is 23.6 Å². The molecule has 0 fully saturated rings. The summed E-state index contributed by atoms with van der Waals surface area (Å²) >= 11 is 5.74. The molecule has 0 aliphatic carbocycles. The van der Waals surface area contributed by atoms with Gasteiger partial charge in [-0.05, 0) is 43.3 Å². The van der Waals surface area contributed by atoms with Gasteiger partial charge in [-0.25, -0.2) is 8.78 Å². The Morgan fingerprint density at radius 2 is 1.81 bits per heavy atom. The highest BCUT2D eigenvalue weighted by atomic mass is 35.5. The van der Waals surface area contributed by atoms with E-state index in [1.165, 1.54) is 6.07 Å². The van der Waals surface area contributed by atoms with Crippen LogP contribution in [0.1, 0.15) is 6.92 Å². The van der Waals surface area contributed by atoms with Crippen LogP contribution in [0.2, 0.25) is 5.02 Å². The third kappa shape index (κ3) is 4.16. The van der Waals surface area contributed by atoms with Crippen LogP contribution in [0, 0.1) is 11.6 Å². The van der Waals surface area contributed by atoms with Gasteiger partial charge in [0.1, 0.15) is 5.75 Å². The van der Waals surface area contributed by atoms with Crippen molar-refractivity contribution in [1.29, 1.82) is 0 Å². The number of rotatable bonds is 4. The Hall–Kier alpha value is -2.14. The summed E-state index contributed by atoms with van der Waals surface area (Å²) in [5.74, 6) is -2.00. The Kier molecular flexibility index (Phi) is 4.75. The van der Waals surface area contributed by atoms with E-state index in [2.05, 4.69) is 5.32 Å².